The summed E-state index contributed by atoms with van der Waals surface area (Å²) in [4.78, 5) is 26.0. The van der Waals surface area contributed by atoms with Crippen molar-refractivity contribution in [3.63, 3.8) is 0 Å². The minimum Gasteiger partial charge on any atom is -0.480 e. The molecule has 0 aliphatic rings. The monoisotopic (exact) mass is 285 g/mol. The van der Waals surface area contributed by atoms with Crippen LogP contribution in [-0.2, 0) is 4.79 Å². The van der Waals surface area contributed by atoms with Gasteiger partial charge in [0, 0.05) is 6.20 Å². The number of anilines is 1. The van der Waals surface area contributed by atoms with E-state index in [1.807, 2.05) is 13.8 Å². The quantitative estimate of drug-likeness (QED) is 0.738. The number of carbonyl (C=O) groups excluding carboxylic acids is 1. The molecule has 0 aromatic carbocycles. The van der Waals surface area contributed by atoms with Crippen LogP contribution in [0.15, 0.2) is 12.3 Å². The Hall–Kier alpha value is -1.82. The summed E-state index contributed by atoms with van der Waals surface area (Å²) in [6.07, 6.45) is 1.69. The van der Waals surface area contributed by atoms with Crippen LogP contribution in [0.2, 0.25) is 5.02 Å². The van der Waals surface area contributed by atoms with E-state index in [4.69, 9.17) is 22.4 Å². The van der Waals surface area contributed by atoms with Crippen LogP contribution in [0.4, 0.5) is 5.82 Å². The summed E-state index contributed by atoms with van der Waals surface area (Å²) >= 11 is 5.93. The highest BCUT2D eigenvalue weighted by molar-refractivity contribution is 6.33. The van der Waals surface area contributed by atoms with Gasteiger partial charge in [-0.3, -0.25) is 4.79 Å². The summed E-state index contributed by atoms with van der Waals surface area (Å²) in [6.45, 7) is 3.84. The second-order valence-electron chi connectivity index (χ2n) is 4.58. The molecule has 1 aromatic rings. The topological polar surface area (TPSA) is 105 Å². The molecule has 7 heteroatoms. The molecule has 6 nitrogen and oxygen atoms in total. The third-order valence-corrected chi connectivity index (χ3v) is 2.73. The molecule has 0 fully saturated rings. The molecular weight excluding hydrogens is 270 g/mol. The Morgan fingerprint density at radius 1 is 1.53 bits per heavy atom. The average Bonchev–Trinajstić information content (AvgIpc) is 2.29. The zero-order valence-electron chi connectivity index (χ0n) is 10.7. The summed E-state index contributed by atoms with van der Waals surface area (Å²) < 4.78 is 0. The van der Waals surface area contributed by atoms with E-state index in [0.29, 0.717) is 6.42 Å². The standard InChI is InChI=1S/C12H16ClN3O3/c1-6(2)3-9(12(18)19)16-11-8(13)4-7(5-15-11)10(14)17/h4-6,9H,3H2,1-2H3,(H2,14,17)(H,15,16)(H,18,19). The Labute approximate surface area is 116 Å². The number of carboxylic acids is 1. The lowest BCUT2D eigenvalue weighted by Gasteiger charge is -2.17. The van der Waals surface area contributed by atoms with Crippen LogP contribution in [0.3, 0.4) is 0 Å². The van der Waals surface area contributed by atoms with E-state index >= 15 is 0 Å². The van der Waals surface area contributed by atoms with E-state index in [1.165, 1.54) is 12.3 Å². The second-order valence-corrected chi connectivity index (χ2v) is 4.99. The van der Waals surface area contributed by atoms with Crippen LogP contribution in [0.5, 0.6) is 0 Å². The molecule has 1 heterocycles. The van der Waals surface area contributed by atoms with E-state index in [0.717, 1.165) is 0 Å². The van der Waals surface area contributed by atoms with Crippen molar-refractivity contribution >= 4 is 29.3 Å². The average molecular weight is 286 g/mol. The van der Waals surface area contributed by atoms with E-state index < -0.39 is 17.9 Å². The summed E-state index contributed by atoms with van der Waals surface area (Å²) in [5, 5.41) is 12.0. The van der Waals surface area contributed by atoms with Gasteiger partial charge < -0.3 is 16.2 Å². The first-order valence-corrected chi connectivity index (χ1v) is 6.13. The van der Waals surface area contributed by atoms with Gasteiger partial charge in [-0.1, -0.05) is 25.4 Å². The maximum atomic E-state index is 11.1. The van der Waals surface area contributed by atoms with Gasteiger partial charge in [0.25, 0.3) is 0 Å². The highest BCUT2D eigenvalue weighted by Crippen LogP contribution is 2.22. The molecule has 1 atom stereocenters. The SMILES string of the molecule is CC(C)CC(Nc1ncc(C(N)=O)cc1Cl)C(=O)O. The van der Waals surface area contributed by atoms with Gasteiger partial charge in [0.2, 0.25) is 5.91 Å². The summed E-state index contributed by atoms with van der Waals surface area (Å²) in [6, 6.07) is 0.567. The first-order chi connectivity index (χ1) is 8.81. The van der Waals surface area contributed by atoms with Crippen molar-refractivity contribution in [2.75, 3.05) is 5.32 Å². The van der Waals surface area contributed by atoms with Gasteiger partial charge in [-0.15, -0.1) is 0 Å². The molecule has 1 aromatic heterocycles. The largest absolute Gasteiger partial charge is 0.480 e. The van der Waals surface area contributed by atoms with Crippen molar-refractivity contribution in [2.24, 2.45) is 11.7 Å². The summed E-state index contributed by atoms with van der Waals surface area (Å²) in [5.74, 6) is -1.19. The predicted molar refractivity (Wildman–Crippen MR) is 72.3 cm³/mol. The molecule has 1 rings (SSSR count). The molecule has 19 heavy (non-hydrogen) atoms. The lowest BCUT2D eigenvalue weighted by atomic mass is 10.0. The van der Waals surface area contributed by atoms with Crippen molar-refractivity contribution in [1.82, 2.24) is 4.98 Å². The highest BCUT2D eigenvalue weighted by Gasteiger charge is 2.20. The highest BCUT2D eigenvalue weighted by atomic mass is 35.5. The van der Waals surface area contributed by atoms with Gasteiger partial charge in [-0.25, -0.2) is 9.78 Å². The number of carbonyl (C=O) groups is 2. The molecule has 1 amide bonds. The molecule has 104 valence electrons. The Morgan fingerprint density at radius 2 is 2.16 bits per heavy atom. The van der Waals surface area contributed by atoms with Gasteiger partial charge in [0.05, 0.1) is 10.6 Å². The summed E-state index contributed by atoms with van der Waals surface area (Å²) in [7, 11) is 0. The minimum atomic E-state index is -0.981. The molecule has 0 saturated carbocycles. The van der Waals surface area contributed by atoms with Crippen molar-refractivity contribution in [3.8, 4) is 0 Å². The second kappa shape index (κ2) is 6.38. The van der Waals surface area contributed by atoms with Crippen molar-refractivity contribution in [3.05, 3.63) is 22.8 Å². The maximum Gasteiger partial charge on any atom is 0.326 e. The molecule has 4 N–H and O–H groups in total. The van der Waals surface area contributed by atoms with Crippen molar-refractivity contribution in [1.29, 1.82) is 0 Å². The Kier molecular flexibility index (Phi) is 5.11. The normalized spacial score (nSPS) is 12.2. The smallest absolute Gasteiger partial charge is 0.326 e. The van der Waals surface area contributed by atoms with Crippen LogP contribution in [0, 0.1) is 5.92 Å². The number of hydrogen-bond acceptors (Lipinski definition) is 4. The lowest BCUT2D eigenvalue weighted by Crippen LogP contribution is -2.31. The maximum absolute atomic E-state index is 11.1. The number of rotatable bonds is 6. The molecule has 0 spiro atoms. The number of hydrogen-bond donors (Lipinski definition) is 3. The first kappa shape index (κ1) is 15.2. The molecule has 0 aliphatic heterocycles. The number of amides is 1. The molecule has 0 radical (unpaired) electrons. The van der Waals surface area contributed by atoms with Gasteiger partial charge in [0.1, 0.15) is 11.9 Å². The van der Waals surface area contributed by atoms with Gasteiger partial charge in [0.15, 0.2) is 0 Å². The van der Waals surface area contributed by atoms with E-state index in [-0.39, 0.29) is 22.3 Å². The fraction of sp³-hybridized carbons (Fsp3) is 0.417. The molecule has 1 unspecified atom stereocenters. The fourth-order valence-electron chi connectivity index (χ4n) is 1.54. The number of carboxylic acid groups (broad SMARTS) is 1. The van der Waals surface area contributed by atoms with Crippen LogP contribution in [-0.4, -0.2) is 28.0 Å². The van der Waals surface area contributed by atoms with E-state index in [2.05, 4.69) is 10.3 Å². The van der Waals surface area contributed by atoms with Crippen molar-refractivity contribution in [2.45, 2.75) is 26.3 Å². The predicted octanol–water partition coefficient (Wildman–Crippen LogP) is 1.75. The van der Waals surface area contributed by atoms with Crippen molar-refractivity contribution < 1.29 is 14.7 Å². The number of halogens is 1. The number of primary amides is 1. The first-order valence-electron chi connectivity index (χ1n) is 5.76. The molecular formula is C12H16ClN3O3. The van der Waals surface area contributed by atoms with Crippen LogP contribution < -0.4 is 11.1 Å². The third-order valence-electron chi connectivity index (χ3n) is 2.44. The molecule has 0 saturated heterocycles. The minimum absolute atomic E-state index is 0.159. The molecule has 0 aliphatic carbocycles. The number of nitrogens with one attached hydrogen (secondary N) is 1. The lowest BCUT2D eigenvalue weighted by molar-refractivity contribution is -0.138. The number of pyridine rings is 1. The van der Waals surface area contributed by atoms with Gasteiger partial charge >= 0.3 is 5.97 Å². The number of nitrogens with zero attached hydrogens (tertiary/aromatic N) is 1. The Balaban J connectivity index is 2.91. The zero-order chi connectivity index (χ0) is 14.6. The van der Waals surface area contributed by atoms with E-state index in [1.54, 1.807) is 0 Å². The molecule has 0 bridgehead atoms. The van der Waals surface area contributed by atoms with E-state index in [9.17, 15) is 9.59 Å². The van der Waals surface area contributed by atoms with Crippen LogP contribution >= 0.6 is 11.6 Å². The van der Waals surface area contributed by atoms with Gasteiger partial charge in [-0.2, -0.15) is 0 Å². The van der Waals surface area contributed by atoms with Crippen LogP contribution in [0.1, 0.15) is 30.6 Å². The number of nitrogens with two attached hydrogens (primary N) is 1. The number of aromatic nitrogens is 1. The van der Waals surface area contributed by atoms with Crippen LogP contribution in [0.25, 0.3) is 0 Å². The Morgan fingerprint density at radius 3 is 2.58 bits per heavy atom. The van der Waals surface area contributed by atoms with Gasteiger partial charge in [-0.05, 0) is 18.4 Å². The third kappa shape index (κ3) is 4.40. The fourth-order valence-corrected chi connectivity index (χ4v) is 1.76. The number of aliphatic carboxylic acids is 1. The zero-order valence-corrected chi connectivity index (χ0v) is 11.4. The Bertz CT molecular complexity index is 491. The summed E-state index contributed by atoms with van der Waals surface area (Å²) in [5.41, 5.74) is 5.27.